The van der Waals surface area contributed by atoms with Gasteiger partial charge in [-0.3, -0.25) is 0 Å². The molecule has 0 aromatic heterocycles. The molecule has 0 aliphatic heterocycles. The van der Waals surface area contributed by atoms with Gasteiger partial charge in [0.15, 0.2) is 0 Å². The second-order valence-corrected chi connectivity index (χ2v) is 1.72. The maximum Gasteiger partial charge on any atom is 0.498 e. The number of halogens is 1. The zero-order valence-electron chi connectivity index (χ0n) is 3.08. The molecule has 0 heterocycles. The summed E-state index contributed by atoms with van der Waals surface area (Å²) in [5.74, 6) is 0. The molecule has 0 radical (unpaired) electrons. The van der Waals surface area contributed by atoms with Gasteiger partial charge in [-0.25, -0.2) is 0 Å². The van der Waals surface area contributed by atoms with Crippen molar-refractivity contribution >= 4 is 15.7 Å². The van der Waals surface area contributed by atoms with Gasteiger partial charge in [0, 0.05) is 0 Å². The van der Waals surface area contributed by atoms with Crippen LogP contribution in [0, 0.1) is 0 Å². The highest BCUT2D eigenvalue weighted by atomic mass is 27.2. The van der Waals surface area contributed by atoms with E-state index in [1.54, 1.807) is 6.08 Å². The first-order chi connectivity index (χ1) is 2.41. The Morgan fingerprint density at radius 1 is 2.00 bits per heavy atom. The van der Waals surface area contributed by atoms with E-state index < -0.39 is 15.7 Å². The molecule has 28 valence electrons. The summed E-state index contributed by atoms with van der Waals surface area (Å²) in [5.41, 5.74) is 0. The smallest absolute Gasteiger partial charge is 0.424 e. The highest BCUT2D eigenvalue weighted by Crippen LogP contribution is 1.74. The third kappa shape index (κ3) is 4.20. The summed E-state index contributed by atoms with van der Waals surface area (Å²) >= 11 is -1.20. The van der Waals surface area contributed by atoms with Crippen molar-refractivity contribution in [3.63, 3.8) is 0 Å². The highest BCUT2D eigenvalue weighted by Gasteiger charge is 1.78. The Morgan fingerprint density at radius 3 is 2.60 bits per heavy atom. The van der Waals surface area contributed by atoms with Gasteiger partial charge >= 0.3 is 15.7 Å². The van der Waals surface area contributed by atoms with E-state index in [0.29, 0.717) is 5.28 Å². The second kappa shape index (κ2) is 4.20. The fourth-order valence-corrected chi connectivity index (χ4v) is 0.231. The molecule has 2 heteroatoms. The Morgan fingerprint density at radius 2 is 2.60 bits per heavy atom. The van der Waals surface area contributed by atoms with Gasteiger partial charge in [0.1, 0.15) is 0 Å². The van der Waals surface area contributed by atoms with Crippen LogP contribution in [-0.2, 0) is 0 Å². The zero-order valence-corrected chi connectivity index (χ0v) is 4.49. The van der Waals surface area contributed by atoms with Crippen LogP contribution in [-0.4, -0.2) is 15.7 Å². The Hall–Kier alpha value is 0.202. The first kappa shape index (κ1) is 5.20. The van der Waals surface area contributed by atoms with Crippen LogP contribution >= 0.6 is 0 Å². The molecule has 0 fully saturated rings. The van der Waals surface area contributed by atoms with Crippen molar-refractivity contribution in [3.05, 3.63) is 12.7 Å². The normalized spacial score (nSPS) is 6.60. The van der Waals surface area contributed by atoms with Gasteiger partial charge in [0.25, 0.3) is 0 Å². The van der Waals surface area contributed by atoms with E-state index in [2.05, 4.69) is 6.58 Å². The molecule has 0 N–H and O–H groups in total. The summed E-state index contributed by atoms with van der Waals surface area (Å²) < 4.78 is 11.1. The third-order valence-electron chi connectivity index (χ3n) is 0.313. The van der Waals surface area contributed by atoms with Crippen molar-refractivity contribution in [1.29, 1.82) is 0 Å². The molecule has 0 amide bonds. The van der Waals surface area contributed by atoms with E-state index in [1.807, 2.05) is 0 Å². The van der Waals surface area contributed by atoms with Crippen LogP contribution < -0.4 is 0 Å². The second-order valence-electron chi connectivity index (χ2n) is 0.766. The van der Waals surface area contributed by atoms with E-state index in [-0.39, 0.29) is 0 Å². The van der Waals surface area contributed by atoms with Crippen LogP contribution in [0.5, 0.6) is 0 Å². The first-order valence-corrected chi connectivity index (χ1v) is 3.12. The van der Waals surface area contributed by atoms with Crippen molar-refractivity contribution < 1.29 is 3.52 Å². The van der Waals surface area contributed by atoms with Gasteiger partial charge in [-0.05, 0) is 5.28 Å². The van der Waals surface area contributed by atoms with Crippen molar-refractivity contribution in [2.75, 3.05) is 0 Å². The van der Waals surface area contributed by atoms with Crippen molar-refractivity contribution in [2.24, 2.45) is 0 Å². The third-order valence-corrected chi connectivity index (χ3v) is 0.940. The van der Waals surface area contributed by atoms with E-state index in [9.17, 15) is 3.52 Å². The largest absolute Gasteiger partial charge is 0.498 e. The summed E-state index contributed by atoms with van der Waals surface area (Å²) in [6.45, 7) is 3.35. The zero-order chi connectivity index (χ0) is 4.12. The van der Waals surface area contributed by atoms with Gasteiger partial charge in [0.2, 0.25) is 0 Å². The molecule has 0 spiro atoms. The predicted molar refractivity (Wildman–Crippen MR) is 23.3 cm³/mol. The van der Waals surface area contributed by atoms with Crippen LogP contribution in [0.15, 0.2) is 12.7 Å². The molecule has 0 aromatic carbocycles. The average molecular weight is 88.1 g/mol. The fraction of sp³-hybridized carbons (Fsp3) is 0.333. The number of allylic oxidation sites excluding steroid dienone is 1. The molecule has 0 rings (SSSR count). The molecule has 0 saturated carbocycles. The topological polar surface area (TPSA) is 0 Å². The van der Waals surface area contributed by atoms with Crippen LogP contribution in [0.1, 0.15) is 0 Å². The fourth-order valence-electron chi connectivity index (χ4n) is 0.0772. The van der Waals surface area contributed by atoms with Crippen molar-refractivity contribution in [2.45, 2.75) is 5.28 Å². The average Bonchev–Trinajstić information content (AvgIpc) is 1.41. The minimum Gasteiger partial charge on any atom is -0.424 e. The van der Waals surface area contributed by atoms with E-state index in [4.69, 9.17) is 0 Å². The maximum absolute atomic E-state index is 11.1. The SMILES string of the molecule is C=C[CH2][AlH][F]. The quantitative estimate of drug-likeness (QED) is 0.347. The molecule has 0 aliphatic carbocycles. The van der Waals surface area contributed by atoms with Gasteiger partial charge in [-0.1, -0.05) is 0 Å². The number of hydrogen-bond donors (Lipinski definition) is 0. The van der Waals surface area contributed by atoms with Crippen LogP contribution in [0.25, 0.3) is 0 Å². The molecule has 0 atom stereocenters. The van der Waals surface area contributed by atoms with Gasteiger partial charge in [-0.15, -0.1) is 12.7 Å². The Balaban J connectivity index is 2.40. The monoisotopic (exact) mass is 88.0 g/mol. The predicted octanol–water partition coefficient (Wildman–Crippen LogP) is 0.912. The van der Waals surface area contributed by atoms with Gasteiger partial charge in [-0.2, -0.15) is 0 Å². The lowest BCUT2D eigenvalue weighted by Gasteiger charge is -1.64. The molecule has 0 aromatic rings. The summed E-state index contributed by atoms with van der Waals surface area (Å²) in [6, 6.07) is 0. The molecule has 0 bridgehead atoms. The molecule has 5 heavy (non-hydrogen) atoms. The lowest BCUT2D eigenvalue weighted by atomic mass is 10.8. The standard InChI is InChI=1S/C3H5.Al.FH.H/c1-3-2;;;/h3H,1-2H2;;1H;/q;+1;;/p-1. The van der Waals surface area contributed by atoms with Gasteiger partial charge < -0.3 is 3.52 Å². The van der Waals surface area contributed by atoms with Crippen molar-refractivity contribution in [3.8, 4) is 0 Å². The Labute approximate surface area is 37.9 Å². The summed E-state index contributed by atoms with van der Waals surface area (Å²) in [7, 11) is 0. The highest BCUT2D eigenvalue weighted by molar-refractivity contribution is 6.26. The van der Waals surface area contributed by atoms with E-state index in [0.717, 1.165) is 0 Å². The van der Waals surface area contributed by atoms with Gasteiger partial charge in [0.05, 0.1) is 0 Å². The lowest BCUT2D eigenvalue weighted by Crippen LogP contribution is -1.67. The van der Waals surface area contributed by atoms with Crippen LogP contribution in [0.2, 0.25) is 5.28 Å². The lowest BCUT2D eigenvalue weighted by molar-refractivity contribution is 0.869. The van der Waals surface area contributed by atoms with Crippen LogP contribution in [0.4, 0.5) is 3.52 Å². The summed E-state index contributed by atoms with van der Waals surface area (Å²) in [4.78, 5) is 0. The Kier molecular flexibility index (Phi) is 4.37. The maximum atomic E-state index is 11.1. The molecule has 0 saturated heterocycles. The van der Waals surface area contributed by atoms with E-state index >= 15 is 0 Å². The molecule has 0 aliphatic rings. The molecular weight excluding hydrogens is 82.0 g/mol. The number of hydrogen-bond acceptors (Lipinski definition) is 0. The molecule has 0 unspecified atom stereocenters. The molecule has 0 nitrogen and oxygen atoms in total. The molecular formula is C3H6AlF. The summed E-state index contributed by atoms with van der Waals surface area (Å²) in [5, 5.41) is 0.625. The summed E-state index contributed by atoms with van der Waals surface area (Å²) in [6.07, 6.45) is 1.62. The van der Waals surface area contributed by atoms with Crippen molar-refractivity contribution in [1.82, 2.24) is 0 Å². The van der Waals surface area contributed by atoms with Crippen LogP contribution in [0.3, 0.4) is 0 Å². The number of rotatable bonds is 2. The minimum atomic E-state index is -1.20. The minimum absolute atomic E-state index is 0.625. The first-order valence-electron chi connectivity index (χ1n) is 1.58. The Bertz CT molecular complexity index is 28.1. The van der Waals surface area contributed by atoms with E-state index in [1.165, 1.54) is 0 Å².